The molecule has 10 heavy (non-hydrogen) atoms. The van der Waals surface area contributed by atoms with Crippen LogP contribution in [-0.4, -0.2) is 0 Å². The summed E-state index contributed by atoms with van der Waals surface area (Å²) in [6.45, 7) is 4.00. The van der Waals surface area contributed by atoms with E-state index in [1.165, 1.54) is 0 Å². The molecule has 0 heterocycles. The molecule has 0 aliphatic heterocycles. The third-order valence-corrected chi connectivity index (χ3v) is 1.000. The molecule has 0 saturated carbocycles. The van der Waals surface area contributed by atoms with Crippen molar-refractivity contribution < 1.29 is 0 Å². The molecule has 0 aromatic heterocycles. The summed E-state index contributed by atoms with van der Waals surface area (Å²) >= 11 is 0. The van der Waals surface area contributed by atoms with Gasteiger partial charge >= 0.3 is 0 Å². The van der Waals surface area contributed by atoms with E-state index in [1.807, 2.05) is 13.8 Å². The van der Waals surface area contributed by atoms with Crippen molar-refractivity contribution in [2.75, 3.05) is 0 Å². The van der Waals surface area contributed by atoms with Gasteiger partial charge in [0.05, 0.1) is 0 Å². The topological polar surface area (TPSA) is 0 Å². The molecule has 0 N–H and O–H groups in total. The third kappa shape index (κ3) is 5.26. The quantitative estimate of drug-likeness (QED) is 0.447. The van der Waals surface area contributed by atoms with E-state index in [2.05, 4.69) is 23.7 Å². The molecule has 0 bridgehead atoms. The van der Waals surface area contributed by atoms with Gasteiger partial charge in [-0.25, -0.2) is 0 Å². The lowest BCUT2D eigenvalue weighted by Gasteiger charge is -1.84. The molecule has 0 fully saturated rings. The maximum absolute atomic E-state index is 3.03. The van der Waals surface area contributed by atoms with Gasteiger partial charge in [-0.15, -0.1) is 23.7 Å². The highest BCUT2D eigenvalue weighted by atomic mass is 13.8. The molecule has 0 spiro atoms. The lowest BCUT2D eigenvalue weighted by atomic mass is 10.2. The number of rotatable bonds is 0. The van der Waals surface area contributed by atoms with Gasteiger partial charge in [0.2, 0.25) is 0 Å². The van der Waals surface area contributed by atoms with E-state index in [9.17, 15) is 0 Å². The molecule has 0 radical (unpaired) electrons. The Hall–Kier alpha value is -0.880. The summed E-state index contributed by atoms with van der Waals surface area (Å²) in [5.74, 6) is 12.1. The van der Waals surface area contributed by atoms with Gasteiger partial charge in [0.15, 0.2) is 0 Å². The van der Waals surface area contributed by atoms with Crippen LogP contribution in [0.1, 0.15) is 39.5 Å². The Kier molecular flexibility index (Phi) is 7.41. The van der Waals surface area contributed by atoms with Crippen LogP contribution in [0.4, 0.5) is 0 Å². The summed E-state index contributed by atoms with van der Waals surface area (Å²) in [4.78, 5) is 0. The first-order chi connectivity index (χ1) is 5.00. The first-order valence-electron chi connectivity index (χ1n) is 3.91. The summed E-state index contributed by atoms with van der Waals surface area (Å²) in [6, 6.07) is 0. The standard InChI is InChI=1S/C8H8.C2H6/c1-2-4-6-8-7-5-3-1;1-2/h1-2,7-8H2;1-2H3. The molecule has 0 aromatic rings. The van der Waals surface area contributed by atoms with E-state index in [0.29, 0.717) is 0 Å². The molecular formula is C10H14. The molecule has 1 aliphatic rings. The Morgan fingerprint density at radius 3 is 1.00 bits per heavy atom. The van der Waals surface area contributed by atoms with E-state index in [0.717, 1.165) is 25.7 Å². The van der Waals surface area contributed by atoms with Gasteiger partial charge < -0.3 is 0 Å². The molecular weight excluding hydrogens is 120 g/mol. The highest BCUT2D eigenvalue weighted by Crippen LogP contribution is 1.91. The van der Waals surface area contributed by atoms with Crippen molar-refractivity contribution in [3.8, 4) is 23.7 Å². The van der Waals surface area contributed by atoms with Crippen molar-refractivity contribution in [2.24, 2.45) is 0 Å². The van der Waals surface area contributed by atoms with Crippen molar-refractivity contribution in [3.63, 3.8) is 0 Å². The minimum Gasteiger partial charge on any atom is -0.102 e. The minimum atomic E-state index is 0.965. The Morgan fingerprint density at radius 2 is 0.800 bits per heavy atom. The van der Waals surface area contributed by atoms with Crippen LogP contribution >= 0.6 is 0 Å². The molecule has 0 atom stereocenters. The van der Waals surface area contributed by atoms with Crippen LogP contribution in [0.25, 0.3) is 0 Å². The Bertz CT molecular complexity index is 130. The maximum atomic E-state index is 3.03. The predicted octanol–water partition coefficient (Wildman–Crippen LogP) is 2.59. The van der Waals surface area contributed by atoms with Crippen LogP contribution in [0.5, 0.6) is 0 Å². The molecule has 1 rings (SSSR count). The molecule has 0 unspecified atom stereocenters. The van der Waals surface area contributed by atoms with Crippen molar-refractivity contribution in [1.82, 2.24) is 0 Å². The van der Waals surface area contributed by atoms with Gasteiger partial charge in [-0.2, -0.15) is 0 Å². The highest BCUT2D eigenvalue weighted by molar-refractivity contribution is 5.10. The summed E-state index contributed by atoms with van der Waals surface area (Å²) < 4.78 is 0. The molecule has 0 aromatic carbocycles. The fraction of sp³-hybridized carbons (Fsp3) is 0.600. The smallest absolute Gasteiger partial charge is 0.0198 e. The van der Waals surface area contributed by atoms with Crippen LogP contribution < -0.4 is 0 Å². The van der Waals surface area contributed by atoms with Crippen LogP contribution in [0, 0.1) is 23.7 Å². The Labute approximate surface area is 64.0 Å². The number of hydrogen-bond donors (Lipinski definition) is 0. The van der Waals surface area contributed by atoms with Gasteiger partial charge in [0, 0.05) is 25.7 Å². The molecule has 0 amide bonds. The second-order valence-corrected chi connectivity index (χ2v) is 1.71. The van der Waals surface area contributed by atoms with E-state index in [4.69, 9.17) is 0 Å². The molecule has 0 saturated heterocycles. The van der Waals surface area contributed by atoms with Gasteiger partial charge in [0.25, 0.3) is 0 Å². The summed E-state index contributed by atoms with van der Waals surface area (Å²) in [7, 11) is 0. The lowest BCUT2D eigenvalue weighted by Crippen LogP contribution is -1.72. The second-order valence-electron chi connectivity index (χ2n) is 1.71. The van der Waals surface area contributed by atoms with Gasteiger partial charge in [0.1, 0.15) is 0 Å². The summed E-state index contributed by atoms with van der Waals surface area (Å²) in [6.07, 6.45) is 3.86. The molecule has 0 nitrogen and oxygen atoms in total. The third-order valence-electron chi connectivity index (χ3n) is 1.000. The molecule has 0 heteroatoms. The Balaban J connectivity index is 0.000000371. The minimum absolute atomic E-state index is 0.965. The van der Waals surface area contributed by atoms with E-state index in [-0.39, 0.29) is 0 Å². The fourth-order valence-corrected chi connectivity index (χ4v) is 0.604. The van der Waals surface area contributed by atoms with Crippen LogP contribution in [-0.2, 0) is 0 Å². The van der Waals surface area contributed by atoms with Crippen molar-refractivity contribution in [1.29, 1.82) is 0 Å². The zero-order valence-corrected chi connectivity index (χ0v) is 6.83. The van der Waals surface area contributed by atoms with Gasteiger partial charge in [-0.05, 0) is 0 Å². The number of hydrogen-bond acceptors (Lipinski definition) is 0. The molecule has 54 valence electrons. The lowest BCUT2D eigenvalue weighted by molar-refractivity contribution is 1.06. The van der Waals surface area contributed by atoms with E-state index >= 15 is 0 Å². The zero-order valence-electron chi connectivity index (χ0n) is 6.83. The van der Waals surface area contributed by atoms with Gasteiger partial charge in [-0.3, -0.25) is 0 Å². The van der Waals surface area contributed by atoms with Crippen molar-refractivity contribution >= 4 is 0 Å². The first-order valence-corrected chi connectivity index (χ1v) is 3.91. The normalized spacial score (nSPS) is 13.4. The van der Waals surface area contributed by atoms with Gasteiger partial charge in [-0.1, -0.05) is 13.8 Å². The monoisotopic (exact) mass is 134 g/mol. The summed E-state index contributed by atoms with van der Waals surface area (Å²) in [5.41, 5.74) is 0. The van der Waals surface area contributed by atoms with Crippen LogP contribution in [0.2, 0.25) is 0 Å². The Morgan fingerprint density at radius 1 is 0.600 bits per heavy atom. The van der Waals surface area contributed by atoms with Crippen LogP contribution in [0.15, 0.2) is 0 Å². The average molecular weight is 134 g/mol. The SMILES string of the molecule is C1#CCCC#CCC1.CC. The summed E-state index contributed by atoms with van der Waals surface area (Å²) in [5, 5.41) is 0. The van der Waals surface area contributed by atoms with Crippen molar-refractivity contribution in [2.45, 2.75) is 39.5 Å². The maximum Gasteiger partial charge on any atom is 0.0198 e. The average Bonchev–Trinajstić information content (AvgIpc) is 1.90. The zero-order chi connectivity index (χ0) is 7.66. The van der Waals surface area contributed by atoms with Crippen molar-refractivity contribution in [3.05, 3.63) is 0 Å². The second kappa shape index (κ2) is 8.12. The first kappa shape index (κ1) is 9.12. The van der Waals surface area contributed by atoms with E-state index in [1.54, 1.807) is 0 Å². The van der Waals surface area contributed by atoms with Crippen LogP contribution in [0.3, 0.4) is 0 Å². The largest absolute Gasteiger partial charge is 0.102 e. The van der Waals surface area contributed by atoms with E-state index < -0.39 is 0 Å². The highest BCUT2D eigenvalue weighted by Gasteiger charge is 1.79. The molecule has 1 aliphatic carbocycles. The predicted molar refractivity (Wildman–Crippen MR) is 45.4 cm³/mol. The fourth-order valence-electron chi connectivity index (χ4n) is 0.604.